The number of halogens is 2. The zero-order valence-corrected chi connectivity index (χ0v) is 19.7. The lowest BCUT2D eigenvalue weighted by atomic mass is 9.85. The number of hydrogen-bond acceptors (Lipinski definition) is 6. The van der Waals surface area contributed by atoms with Crippen LogP contribution in [0.4, 0.5) is 0 Å². The summed E-state index contributed by atoms with van der Waals surface area (Å²) in [5.74, 6) is 1.53. The molecule has 0 bridgehead atoms. The van der Waals surface area contributed by atoms with Crippen LogP contribution in [0.3, 0.4) is 0 Å². The summed E-state index contributed by atoms with van der Waals surface area (Å²) < 4.78 is 8.22. The molecule has 1 unspecified atom stereocenters. The van der Waals surface area contributed by atoms with Crippen molar-refractivity contribution < 1.29 is 4.74 Å². The number of methoxy groups -OCH3 is 1. The fraction of sp³-hybridized carbons (Fsp3) is 0.435. The van der Waals surface area contributed by atoms with Crippen molar-refractivity contribution >= 4 is 24.8 Å². The van der Waals surface area contributed by atoms with Crippen molar-refractivity contribution in [3.05, 3.63) is 77.6 Å². The van der Waals surface area contributed by atoms with Crippen LogP contribution in [0.1, 0.15) is 48.2 Å². The van der Waals surface area contributed by atoms with E-state index < -0.39 is 5.72 Å². The van der Waals surface area contributed by atoms with Gasteiger partial charge >= 0.3 is 0 Å². The van der Waals surface area contributed by atoms with Crippen LogP contribution in [0.15, 0.2) is 60.7 Å². The van der Waals surface area contributed by atoms with Crippen molar-refractivity contribution in [1.82, 2.24) is 30.8 Å². The molecule has 9 heteroatoms. The lowest BCUT2D eigenvalue weighted by Gasteiger charge is -2.47. The van der Waals surface area contributed by atoms with Crippen LogP contribution < -0.4 is 10.6 Å². The predicted octanol–water partition coefficient (Wildman–Crippen LogP) is 3.59. The van der Waals surface area contributed by atoms with Gasteiger partial charge in [0.15, 0.2) is 11.5 Å². The number of nitrogens with one attached hydrogen (secondary N) is 2. The van der Waals surface area contributed by atoms with Gasteiger partial charge in [-0.3, -0.25) is 5.32 Å². The van der Waals surface area contributed by atoms with Crippen molar-refractivity contribution in [1.29, 1.82) is 0 Å². The first-order valence-corrected chi connectivity index (χ1v) is 10.7. The second-order valence-electron chi connectivity index (χ2n) is 8.25. The summed E-state index contributed by atoms with van der Waals surface area (Å²) in [4.78, 5) is 0. The van der Waals surface area contributed by atoms with Crippen LogP contribution in [0.2, 0.25) is 0 Å². The Morgan fingerprint density at radius 1 is 1.06 bits per heavy atom. The van der Waals surface area contributed by atoms with Gasteiger partial charge in [0.1, 0.15) is 0 Å². The lowest BCUT2D eigenvalue weighted by molar-refractivity contribution is -0.0990. The summed E-state index contributed by atoms with van der Waals surface area (Å²) in [6, 6.07) is 21.1. The molecule has 2 N–H and O–H groups in total. The van der Waals surface area contributed by atoms with E-state index >= 15 is 0 Å². The molecule has 1 saturated heterocycles. The van der Waals surface area contributed by atoms with E-state index in [1.54, 1.807) is 7.11 Å². The van der Waals surface area contributed by atoms with E-state index in [1.165, 1.54) is 18.4 Å². The molecule has 32 heavy (non-hydrogen) atoms. The molecule has 3 aromatic rings. The van der Waals surface area contributed by atoms with Crippen LogP contribution in [0, 0.1) is 0 Å². The minimum atomic E-state index is -0.611. The second kappa shape index (κ2) is 10.7. The van der Waals surface area contributed by atoms with Gasteiger partial charge < -0.3 is 10.1 Å². The van der Waals surface area contributed by atoms with Crippen molar-refractivity contribution in [3.8, 4) is 0 Å². The quantitative estimate of drug-likeness (QED) is 0.542. The highest BCUT2D eigenvalue weighted by Gasteiger charge is 2.46. The van der Waals surface area contributed by atoms with Crippen LogP contribution in [0.25, 0.3) is 0 Å². The van der Waals surface area contributed by atoms with Crippen molar-refractivity contribution in [2.45, 2.75) is 49.5 Å². The molecule has 2 heterocycles. The molecule has 0 spiro atoms. The molecular weight excluding hydrogens is 447 g/mol. The van der Waals surface area contributed by atoms with Gasteiger partial charge in [-0.2, -0.15) is 0 Å². The van der Waals surface area contributed by atoms with E-state index in [2.05, 4.69) is 74.7 Å². The van der Waals surface area contributed by atoms with Crippen molar-refractivity contribution in [3.63, 3.8) is 0 Å². The maximum Gasteiger partial charge on any atom is 0.160 e. The van der Waals surface area contributed by atoms with E-state index in [4.69, 9.17) is 4.74 Å². The minimum Gasteiger partial charge on any atom is -0.358 e. The van der Waals surface area contributed by atoms with Crippen LogP contribution in [0.5, 0.6) is 0 Å². The maximum absolute atomic E-state index is 6.19. The van der Waals surface area contributed by atoms with Gasteiger partial charge in [0.25, 0.3) is 0 Å². The average molecular weight is 477 g/mol. The fourth-order valence-corrected chi connectivity index (χ4v) is 4.56. The van der Waals surface area contributed by atoms with E-state index in [0.29, 0.717) is 5.92 Å². The number of piperidine rings is 1. The van der Waals surface area contributed by atoms with Crippen molar-refractivity contribution in [2.24, 2.45) is 0 Å². The third kappa shape index (κ3) is 4.82. The average Bonchev–Trinajstić information content (AvgIpc) is 3.55. The third-order valence-electron chi connectivity index (χ3n) is 6.33. The normalized spacial score (nSPS) is 24.9. The summed E-state index contributed by atoms with van der Waals surface area (Å²) in [6.45, 7) is 1.51. The molecule has 1 saturated carbocycles. The molecule has 3 atom stereocenters. The molecule has 2 aromatic carbocycles. The van der Waals surface area contributed by atoms with Gasteiger partial charge in [-0.05, 0) is 35.3 Å². The van der Waals surface area contributed by atoms with Gasteiger partial charge in [-0.15, -0.1) is 29.9 Å². The molecule has 2 fully saturated rings. The molecule has 0 radical (unpaired) electrons. The summed E-state index contributed by atoms with van der Waals surface area (Å²) >= 11 is 0. The van der Waals surface area contributed by atoms with Gasteiger partial charge in [0.2, 0.25) is 0 Å². The SMILES string of the molecule is CO[C@]1(c2ccccc2)NCC(n2nnnc2C2CC2)C[C@@H]1NCc1ccccc1.Cl.Cl. The highest BCUT2D eigenvalue weighted by atomic mass is 35.5. The Morgan fingerprint density at radius 2 is 1.75 bits per heavy atom. The minimum absolute atomic E-state index is 0. The molecule has 1 aliphatic carbocycles. The third-order valence-corrected chi connectivity index (χ3v) is 6.33. The number of rotatable bonds is 7. The molecule has 5 rings (SSSR count). The highest BCUT2D eigenvalue weighted by Crippen LogP contribution is 2.41. The number of ether oxygens (including phenoxy) is 1. The summed E-state index contributed by atoms with van der Waals surface area (Å²) in [7, 11) is 1.78. The van der Waals surface area contributed by atoms with Crippen LogP contribution in [-0.2, 0) is 17.0 Å². The predicted molar refractivity (Wildman–Crippen MR) is 128 cm³/mol. The number of nitrogens with zero attached hydrogens (tertiary/aromatic N) is 4. The van der Waals surface area contributed by atoms with Gasteiger partial charge in [-0.1, -0.05) is 60.7 Å². The summed E-state index contributed by atoms with van der Waals surface area (Å²) in [5, 5.41) is 20.1. The van der Waals surface area contributed by atoms with Gasteiger partial charge in [0.05, 0.1) is 12.1 Å². The molecule has 2 aliphatic rings. The Labute approximate surface area is 201 Å². The molecular formula is C23H30Cl2N6O. The Hall–Kier alpha value is -2.03. The number of benzene rings is 2. The number of hydrogen-bond donors (Lipinski definition) is 2. The number of tetrazole rings is 1. The smallest absolute Gasteiger partial charge is 0.160 e. The standard InChI is InChI=1S/C23H28N6O.2ClH/c1-30-23(19-10-6-3-7-11-19)21(24-15-17-8-4-2-5-9-17)14-20(16-25-23)29-22(18-12-13-18)26-27-28-29;;/h2-11,18,20-21,24-25H,12-16H2,1H3;2*1H/t20?,21-,23-;;/m0../s1. The van der Waals surface area contributed by atoms with E-state index in [-0.39, 0.29) is 36.9 Å². The lowest BCUT2D eigenvalue weighted by Crippen LogP contribution is -2.63. The topological polar surface area (TPSA) is 76.9 Å². The highest BCUT2D eigenvalue weighted by molar-refractivity contribution is 5.85. The van der Waals surface area contributed by atoms with E-state index in [9.17, 15) is 0 Å². The Balaban J connectivity index is 0.00000144. The largest absolute Gasteiger partial charge is 0.358 e. The number of aromatic nitrogens is 4. The van der Waals surface area contributed by atoms with Gasteiger partial charge in [-0.25, -0.2) is 4.68 Å². The molecule has 0 amide bonds. The zero-order chi connectivity index (χ0) is 20.4. The monoisotopic (exact) mass is 476 g/mol. The summed E-state index contributed by atoms with van der Waals surface area (Å²) in [6.07, 6.45) is 3.23. The Bertz CT molecular complexity index is 969. The molecule has 172 valence electrons. The first-order valence-electron chi connectivity index (χ1n) is 10.7. The molecule has 1 aliphatic heterocycles. The van der Waals surface area contributed by atoms with Gasteiger partial charge in [0, 0.05) is 31.7 Å². The zero-order valence-electron chi connectivity index (χ0n) is 18.1. The molecule has 7 nitrogen and oxygen atoms in total. The Morgan fingerprint density at radius 3 is 2.41 bits per heavy atom. The van der Waals surface area contributed by atoms with Crippen LogP contribution in [-0.4, -0.2) is 39.9 Å². The Kier molecular flexibility index (Phi) is 8.25. The van der Waals surface area contributed by atoms with Crippen LogP contribution >= 0.6 is 24.8 Å². The van der Waals surface area contributed by atoms with E-state index in [0.717, 1.165) is 30.9 Å². The first-order chi connectivity index (χ1) is 14.8. The van der Waals surface area contributed by atoms with E-state index in [1.807, 2.05) is 16.8 Å². The second-order valence-corrected chi connectivity index (χ2v) is 8.25. The molecule has 1 aromatic heterocycles. The maximum atomic E-state index is 6.19. The fourth-order valence-electron chi connectivity index (χ4n) is 4.56. The summed E-state index contributed by atoms with van der Waals surface area (Å²) in [5.41, 5.74) is 1.76. The van der Waals surface area contributed by atoms with Crippen molar-refractivity contribution in [2.75, 3.05) is 13.7 Å². The first kappa shape index (κ1) is 24.6.